The highest BCUT2D eigenvalue weighted by molar-refractivity contribution is 7.92. The number of halogens is 4. The Morgan fingerprint density at radius 2 is 1.87 bits per heavy atom. The van der Waals surface area contributed by atoms with Gasteiger partial charge in [0.25, 0.3) is 10.0 Å². The maximum atomic E-state index is 15.4. The Morgan fingerprint density at radius 1 is 1.09 bits per heavy atom. The fourth-order valence-corrected chi connectivity index (χ4v) is 6.53. The Labute approximate surface area is 256 Å². The van der Waals surface area contributed by atoms with Crippen molar-refractivity contribution in [2.75, 3.05) is 23.7 Å². The fourth-order valence-electron chi connectivity index (χ4n) is 5.52. The monoisotopic (exact) mass is 645 g/mol. The lowest BCUT2D eigenvalue weighted by atomic mass is 9.92. The maximum Gasteiger partial charge on any atom is 0.433 e. The molecule has 1 aliphatic carbocycles. The van der Waals surface area contributed by atoms with Crippen LogP contribution in [-0.2, 0) is 20.9 Å². The third kappa shape index (κ3) is 6.11. The van der Waals surface area contributed by atoms with Gasteiger partial charge in [0.15, 0.2) is 0 Å². The van der Waals surface area contributed by atoms with Gasteiger partial charge in [0.1, 0.15) is 39.3 Å². The SMILES string of the molecule is CC(C)c1nc(-c2ccc(NS(=O)(=O)c3ccc(C(F)(F)F)nc3)c(F)c2)c2c(N)ncc(C3=CC[C@@H](NC4COC4)CC3)n12. The van der Waals surface area contributed by atoms with Gasteiger partial charge >= 0.3 is 6.18 Å². The summed E-state index contributed by atoms with van der Waals surface area (Å²) in [7, 11) is -4.44. The number of hydrogen-bond acceptors (Lipinski definition) is 8. The number of sulfonamides is 1. The number of benzene rings is 1. The molecule has 0 spiro atoms. The zero-order valence-electron chi connectivity index (χ0n) is 24.4. The zero-order valence-corrected chi connectivity index (χ0v) is 25.2. The molecule has 10 nitrogen and oxygen atoms in total. The second kappa shape index (κ2) is 11.7. The number of nitrogen functional groups attached to an aromatic ring is 1. The summed E-state index contributed by atoms with van der Waals surface area (Å²) < 4.78 is 88.8. The molecule has 1 fully saturated rings. The Balaban J connectivity index is 1.32. The quantitative estimate of drug-likeness (QED) is 0.217. The van der Waals surface area contributed by atoms with E-state index in [-0.39, 0.29) is 11.7 Å². The van der Waals surface area contributed by atoms with Crippen molar-refractivity contribution in [3.63, 3.8) is 0 Å². The standard InChI is InChI=1S/C30H31F4N7O3S/c1-16(2)29-39-26(27-28(35)37-13-24(41(27)29)17-3-6-19(7-4-17)38-20-14-44-15-20)18-5-9-23(22(31)11-18)40-45(42,43)21-8-10-25(36-12-21)30(32,33)34/h3,5,8-13,16,19-20,38,40H,4,6-7,14-15H2,1-2H3,(H2,35,37)/t19-/m1/s1. The van der Waals surface area contributed by atoms with Crippen LogP contribution in [0.25, 0.3) is 22.3 Å². The highest BCUT2D eigenvalue weighted by Gasteiger charge is 2.33. The van der Waals surface area contributed by atoms with Crippen LogP contribution in [0.15, 0.2) is 53.7 Å². The van der Waals surface area contributed by atoms with Gasteiger partial charge in [0.05, 0.1) is 36.8 Å². The maximum absolute atomic E-state index is 15.4. The minimum absolute atomic E-state index is 0.0303. The normalized spacial score (nSPS) is 17.8. The molecule has 1 atom stereocenters. The molecule has 1 aromatic carbocycles. The molecule has 2 aliphatic rings. The van der Waals surface area contributed by atoms with Crippen molar-refractivity contribution >= 4 is 32.6 Å². The molecular formula is C30H31F4N7O3S. The van der Waals surface area contributed by atoms with Crippen LogP contribution in [0.2, 0.25) is 0 Å². The van der Waals surface area contributed by atoms with Crippen molar-refractivity contribution in [2.24, 2.45) is 0 Å². The van der Waals surface area contributed by atoms with E-state index in [2.05, 4.69) is 26.1 Å². The summed E-state index contributed by atoms with van der Waals surface area (Å²) in [6, 6.07) is 5.88. The van der Waals surface area contributed by atoms with E-state index in [1.807, 2.05) is 18.2 Å². The van der Waals surface area contributed by atoms with Gasteiger partial charge in [-0.3, -0.25) is 14.1 Å². The van der Waals surface area contributed by atoms with Crippen LogP contribution in [0.1, 0.15) is 56.2 Å². The first-order valence-electron chi connectivity index (χ1n) is 14.4. The van der Waals surface area contributed by atoms with E-state index in [4.69, 9.17) is 15.5 Å². The highest BCUT2D eigenvalue weighted by Crippen LogP contribution is 2.37. The van der Waals surface area contributed by atoms with Gasteiger partial charge in [-0.05, 0) is 49.1 Å². The third-order valence-corrected chi connectivity index (χ3v) is 9.25. The minimum Gasteiger partial charge on any atom is -0.382 e. The largest absolute Gasteiger partial charge is 0.433 e. The molecule has 15 heteroatoms. The second-order valence-electron chi connectivity index (χ2n) is 11.5. The predicted molar refractivity (Wildman–Crippen MR) is 160 cm³/mol. The Morgan fingerprint density at radius 3 is 2.44 bits per heavy atom. The molecule has 4 N–H and O–H groups in total. The topological polar surface area (TPSA) is 137 Å². The number of nitrogens with zero attached hydrogens (tertiary/aromatic N) is 4. The molecule has 0 amide bonds. The number of alkyl halides is 3. The van der Waals surface area contributed by atoms with Crippen molar-refractivity contribution in [2.45, 2.75) is 62.2 Å². The molecule has 45 heavy (non-hydrogen) atoms. The van der Waals surface area contributed by atoms with E-state index in [9.17, 15) is 21.6 Å². The van der Waals surface area contributed by atoms with Crippen molar-refractivity contribution in [3.8, 4) is 11.3 Å². The van der Waals surface area contributed by atoms with Crippen LogP contribution in [0.3, 0.4) is 0 Å². The number of allylic oxidation sites excluding steroid dienone is 1. The summed E-state index contributed by atoms with van der Waals surface area (Å²) in [5, 5.41) is 3.62. The number of fused-ring (bicyclic) bond motifs is 1. The number of aromatic nitrogens is 4. The number of ether oxygens (including phenoxy) is 1. The lowest BCUT2D eigenvalue weighted by Crippen LogP contribution is -2.50. The summed E-state index contributed by atoms with van der Waals surface area (Å²) >= 11 is 0. The molecule has 1 aliphatic heterocycles. The van der Waals surface area contributed by atoms with Crippen LogP contribution >= 0.6 is 0 Å². The van der Waals surface area contributed by atoms with E-state index in [0.29, 0.717) is 46.9 Å². The van der Waals surface area contributed by atoms with Crippen LogP contribution in [0.4, 0.5) is 29.1 Å². The molecule has 238 valence electrons. The van der Waals surface area contributed by atoms with Crippen LogP contribution in [-0.4, -0.2) is 53.1 Å². The van der Waals surface area contributed by atoms with Crippen LogP contribution < -0.4 is 15.8 Å². The van der Waals surface area contributed by atoms with Gasteiger partial charge in [0.2, 0.25) is 0 Å². The van der Waals surface area contributed by atoms with Gasteiger partial charge in [-0.1, -0.05) is 26.0 Å². The second-order valence-corrected chi connectivity index (χ2v) is 13.1. The van der Waals surface area contributed by atoms with Crippen molar-refractivity contribution in [3.05, 3.63) is 71.8 Å². The number of nitrogens with one attached hydrogen (secondary N) is 2. The summed E-state index contributed by atoms with van der Waals surface area (Å²) in [5.74, 6) is -0.0421. The highest BCUT2D eigenvalue weighted by atomic mass is 32.2. The lowest BCUT2D eigenvalue weighted by molar-refractivity contribution is -0.141. The predicted octanol–water partition coefficient (Wildman–Crippen LogP) is 5.38. The first-order valence-corrected chi connectivity index (χ1v) is 15.9. The van der Waals surface area contributed by atoms with Gasteiger partial charge in [-0.2, -0.15) is 13.2 Å². The average Bonchev–Trinajstić information content (AvgIpc) is 3.38. The summed E-state index contributed by atoms with van der Waals surface area (Å²) in [4.78, 5) is 11.9. The van der Waals surface area contributed by atoms with Gasteiger partial charge in [-0.25, -0.2) is 22.8 Å². The van der Waals surface area contributed by atoms with Crippen molar-refractivity contribution in [1.29, 1.82) is 0 Å². The third-order valence-electron chi connectivity index (χ3n) is 7.90. The van der Waals surface area contributed by atoms with Gasteiger partial charge in [-0.15, -0.1) is 0 Å². The van der Waals surface area contributed by atoms with E-state index in [1.165, 1.54) is 12.1 Å². The summed E-state index contributed by atoms with van der Waals surface area (Å²) in [6.45, 7) is 5.44. The Kier molecular flexibility index (Phi) is 8.03. The zero-order chi connectivity index (χ0) is 32.1. The van der Waals surface area contributed by atoms with E-state index in [0.717, 1.165) is 55.9 Å². The van der Waals surface area contributed by atoms with E-state index >= 15 is 4.39 Å². The van der Waals surface area contributed by atoms with Crippen molar-refractivity contribution in [1.82, 2.24) is 24.7 Å². The smallest absolute Gasteiger partial charge is 0.382 e. The lowest BCUT2D eigenvalue weighted by Gasteiger charge is -2.33. The molecule has 0 unspecified atom stereocenters. The molecule has 6 rings (SSSR count). The number of anilines is 2. The van der Waals surface area contributed by atoms with Crippen molar-refractivity contribution < 1.29 is 30.7 Å². The van der Waals surface area contributed by atoms with E-state index in [1.54, 1.807) is 6.20 Å². The van der Waals surface area contributed by atoms with Gasteiger partial charge in [0, 0.05) is 23.7 Å². The fraction of sp³-hybridized carbons (Fsp3) is 0.367. The van der Waals surface area contributed by atoms with Gasteiger partial charge < -0.3 is 15.8 Å². The summed E-state index contributed by atoms with van der Waals surface area (Å²) in [5.41, 5.74) is 7.92. The molecule has 1 saturated heterocycles. The first kappa shape index (κ1) is 30.9. The van der Waals surface area contributed by atoms with Crippen LogP contribution in [0.5, 0.6) is 0 Å². The molecule has 0 radical (unpaired) electrons. The Bertz CT molecular complexity index is 1890. The average molecular weight is 646 g/mol. The minimum atomic E-state index is -4.73. The number of nitrogens with two attached hydrogens (primary N) is 1. The number of imidazole rings is 1. The molecule has 3 aromatic heterocycles. The molecular weight excluding hydrogens is 614 g/mol. The number of hydrogen-bond donors (Lipinski definition) is 3. The number of rotatable bonds is 8. The number of pyridine rings is 1. The molecule has 0 bridgehead atoms. The summed E-state index contributed by atoms with van der Waals surface area (Å²) in [6.07, 6.45) is 2.37. The molecule has 0 saturated carbocycles. The Hall–Kier alpha value is -4.08. The van der Waals surface area contributed by atoms with E-state index < -0.39 is 38.3 Å². The molecule has 4 aromatic rings. The molecule has 4 heterocycles. The first-order chi connectivity index (χ1) is 21.3. The van der Waals surface area contributed by atoms with Crippen LogP contribution in [0, 0.1) is 5.82 Å².